The van der Waals surface area contributed by atoms with Crippen molar-refractivity contribution in [3.63, 3.8) is 0 Å². The van der Waals surface area contributed by atoms with Gasteiger partial charge in [-0.25, -0.2) is 4.79 Å². The lowest BCUT2D eigenvalue weighted by Gasteiger charge is -2.18. The Kier molecular flexibility index (Phi) is 6.74. The Morgan fingerprint density at radius 3 is 2.30 bits per heavy atom. The second kappa shape index (κ2) is 9.45. The van der Waals surface area contributed by atoms with Gasteiger partial charge in [-0.3, -0.25) is 15.2 Å². The predicted molar refractivity (Wildman–Crippen MR) is 116 cm³/mol. The van der Waals surface area contributed by atoms with E-state index < -0.39 is 6.09 Å². The minimum atomic E-state index is -0.545. The van der Waals surface area contributed by atoms with Crippen molar-refractivity contribution in [2.45, 2.75) is 27.0 Å². The summed E-state index contributed by atoms with van der Waals surface area (Å²) in [7, 11) is 1.74. The predicted octanol–water partition coefficient (Wildman–Crippen LogP) is 4.70. The molecule has 0 fully saturated rings. The standard InChI is InChI=1S/C22H23ClN4O3/c1-14-20(15(2)26-25-14)21(28)27(3)12-16-6-10-19(11-7-16)24-22(29)30-13-17-4-8-18(23)9-5-17/h4-11H,12-13H2,1-3H3,(H,24,29)(H,25,26). The van der Waals surface area contributed by atoms with Gasteiger partial charge in [-0.1, -0.05) is 35.9 Å². The van der Waals surface area contributed by atoms with Crippen molar-refractivity contribution in [3.05, 3.63) is 81.6 Å². The van der Waals surface area contributed by atoms with Gasteiger partial charge in [0.1, 0.15) is 6.61 Å². The lowest BCUT2D eigenvalue weighted by molar-refractivity contribution is 0.0783. The first-order valence-corrected chi connectivity index (χ1v) is 9.75. The van der Waals surface area contributed by atoms with Crippen LogP contribution >= 0.6 is 11.6 Å². The van der Waals surface area contributed by atoms with Crippen LogP contribution in [0.1, 0.15) is 32.9 Å². The first kappa shape index (κ1) is 21.4. The molecule has 2 aromatic carbocycles. The molecule has 0 atom stereocenters. The summed E-state index contributed by atoms with van der Waals surface area (Å²) in [5.74, 6) is -0.0910. The van der Waals surface area contributed by atoms with Gasteiger partial charge in [-0.15, -0.1) is 0 Å². The number of aromatic amines is 1. The van der Waals surface area contributed by atoms with Gasteiger partial charge in [0.2, 0.25) is 0 Å². The third-order valence-corrected chi connectivity index (χ3v) is 4.84. The zero-order valence-electron chi connectivity index (χ0n) is 17.0. The van der Waals surface area contributed by atoms with Crippen molar-refractivity contribution in [1.29, 1.82) is 0 Å². The largest absolute Gasteiger partial charge is 0.444 e. The number of amides is 2. The summed E-state index contributed by atoms with van der Waals surface area (Å²) >= 11 is 5.84. The summed E-state index contributed by atoms with van der Waals surface area (Å²) in [5, 5.41) is 10.2. The van der Waals surface area contributed by atoms with E-state index >= 15 is 0 Å². The molecule has 0 aliphatic heterocycles. The van der Waals surface area contributed by atoms with E-state index in [4.69, 9.17) is 16.3 Å². The van der Waals surface area contributed by atoms with Gasteiger partial charge >= 0.3 is 6.09 Å². The van der Waals surface area contributed by atoms with Gasteiger partial charge in [0.25, 0.3) is 5.91 Å². The average Bonchev–Trinajstić information content (AvgIpc) is 3.06. The molecule has 0 saturated heterocycles. The Labute approximate surface area is 180 Å². The van der Waals surface area contributed by atoms with Crippen molar-refractivity contribution < 1.29 is 14.3 Å². The van der Waals surface area contributed by atoms with Gasteiger partial charge in [0.05, 0.1) is 11.3 Å². The number of hydrogen-bond acceptors (Lipinski definition) is 4. The molecule has 1 aromatic heterocycles. The molecule has 7 nitrogen and oxygen atoms in total. The molecule has 30 heavy (non-hydrogen) atoms. The lowest BCUT2D eigenvalue weighted by Crippen LogP contribution is -2.27. The number of benzene rings is 2. The number of anilines is 1. The summed E-state index contributed by atoms with van der Waals surface area (Å²) in [6.45, 7) is 4.22. The molecule has 8 heteroatoms. The fraction of sp³-hybridized carbons (Fsp3) is 0.227. The normalized spacial score (nSPS) is 10.5. The maximum Gasteiger partial charge on any atom is 0.411 e. The highest BCUT2D eigenvalue weighted by molar-refractivity contribution is 6.30. The summed E-state index contributed by atoms with van der Waals surface area (Å²) in [4.78, 5) is 26.3. The summed E-state index contributed by atoms with van der Waals surface area (Å²) in [6.07, 6.45) is -0.545. The number of nitrogens with one attached hydrogen (secondary N) is 2. The highest BCUT2D eigenvalue weighted by Crippen LogP contribution is 2.16. The second-order valence-corrected chi connectivity index (χ2v) is 7.43. The highest BCUT2D eigenvalue weighted by atomic mass is 35.5. The van der Waals surface area contributed by atoms with Crippen LogP contribution in [0.5, 0.6) is 0 Å². The fourth-order valence-electron chi connectivity index (χ4n) is 2.98. The zero-order valence-corrected chi connectivity index (χ0v) is 17.8. The van der Waals surface area contributed by atoms with E-state index in [9.17, 15) is 9.59 Å². The summed E-state index contributed by atoms with van der Waals surface area (Å²) < 4.78 is 5.21. The molecule has 2 amide bonds. The molecule has 0 aliphatic carbocycles. The number of ether oxygens (including phenoxy) is 1. The van der Waals surface area contributed by atoms with Crippen LogP contribution in [0.2, 0.25) is 5.02 Å². The van der Waals surface area contributed by atoms with E-state index in [0.29, 0.717) is 28.5 Å². The first-order valence-electron chi connectivity index (χ1n) is 9.37. The van der Waals surface area contributed by atoms with E-state index in [1.165, 1.54) is 0 Å². The third kappa shape index (κ3) is 5.39. The maximum absolute atomic E-state index is 12.7. The quantitative estimate of drug-likeness (QED) is 0.598. The molecule has 3 rings (SSSR count). The van der Waals surface area contributed by atoms with E-state index in [-0.39, 0.29) is 12.5 Å². The zero-order chi connectivity index (χ0) is 21.7. The molecule has 156 valence electrons. The Morgan fingerprint density at radius 2 is 1.70 bits per heavy atom. The Bertz CT molecular complexity index is 1010. The number of hydrogen-bond donors (Lipinski definition) is 2. The van der Waals surface area contributed by atoms with E-state index in [2.05, 4.69) is 15.5 Å². The topological polar surface area (TPSA) is 87.3 Å². The number of H-pyrrole nitrogens is 1. The number of halogens is 1. The average molecular weight is 427 g/mol. The molecule has 0 radical (unpaired) electrons. The number of nitrogens with zero attached hydrogens (tertiary/aromatic N) is 2. The van der Waals surface area contributed by atoms with Crippen molar-refractivity contribution in [2.24, 2.45) is 0 Å². The maximum atomic E-state index is 12.7. The molecule has 1 heterocycles. The van der Waals surface area contributed by atoms with Crippen LogP contribution < -0.4 is 5.32 Å². The Morgan fingerprint density at radius 1 is 1.07 bits per heavy atom. The number of rotatable bonds is 6. The molecule has 0 saturated carbocycles. The van der Waals surface area contributed by atoms with Gasteiger partial charge in [0, 0.05) is 30.0 Å². The van der Waals surface area contributed by atoms with Gasteiger partial charge in [-0.05, 0) is 49.2 Å². The van der Waals surface area contributed by atoms with E-state index in [1.54, 1.807) is 55.3 Å². The highest BCUT2D eigenvalue weighted by Gasteiger charge is 2.19. The smallest absolute Gasteiger partial charge is 0.411 e. The van der Waals surface area contributed by atoms with Crippen molar-refractivity contribution in [3.8, 4) is 0 Å². The van der Waals surface area contributed by atoms with Crippen LogP contribution in [-0.4, -0.2) is 34.1 Å². The van der Waals surface area contributed by atoms with Gasteiger partial charge in [0.15, 0.2) is 0 Å². The molecule has 0 aliphatic rings. The van der Waals surface area contributed by atoms with E-state index in [0.717, 1.165) is 16.8 Å². The molecule has 2 N–H and O–H groups in total. The number of carbonyl (C=O) groups is 2. The van der Waals surface area contributed by atoms with Crippen molar-refractivity contribution in [1.82, 2.24) is 15.1 Å². The van der Waals surface area contributed by atoms with Gasteiger partial charge in [-0.2, -0.15) is 5.10 Å². The number of aromatic nitrogens is 2. The summed E-state index contributed by atoms with van der Waals surface area (Å²) in [5.41, 5.74) is 4.42. The van der Waals surface area contributed by atoms with Crippen molar-refractivity contribution in [2.75, 3.05) is 12.4 Å². The Hall–Kier alpha value is -3.32. The van der Waals surface area contributed by atoms with Crippen LogP contribution in [-0.2, 0) is 17.9 Å². The molecule has 0 unspecified atom stereocenters. The minimum absolute atomic E-state index is 0.0910. The Balaban J connectivity index is 1.52. The SMILES string of the molecule is Cc1n[nH]c(C)c1C(=O)N(C)Cc1ccc(NC(=O)OCc2ccc(Cl)cc2)cc1. The van der Waals surface area contributed by atoms with E-state index in [1.807, 2.05) is 19.1 Å². The van der Waals surface area contributed by atoms with Crippen LogP contribution in [0, 0.1) is 13.8 Å². The first-order chi connectivity index (χ1) is 14.3. The molecular weight excluding hydrogens is 404 g/mol. The van der Waals surface area contributed by atoms with Crippen LogP contribution in [0.3, 0.4) is 0 Å². The monoisotopic (exact) mass is 426 g/mol. The molecule has 0 spiro atoms. The van der Waals surface area contributed by atoms with Crippen molar-refractivity contribution >= 4 is 29.3 Å². The van der Waals surface area contributed by atoms with Crippen LogP contribution in [0.15, 0.2) is 48.5 Å². The number of carbonyl (C=O) groups excluding carboxylic acids is 2. The molecule has 3 aromatic rings. The van der Waals surface area contributed by atoms with Gasteiger partial charge < -0.3 is 9.64 Å². The minimum Gasteiger partial charge on any atom is -0.444 e. The second-order valence-electron chi connectivity index (χ2n) is 6.99. The summed E-state index contributed by atoms with van der Waals surface area (Å²) in [6, 6.07) is 14.3. The lowest BCUT2D eigenvalue weighted by atomic mass is 10.1. The van der Waals surface area contributed by atoms with Crippen LogP contribution in [0.4, 0.5) is 10.5 Å². The number of aryl methyl sites for hydroxylation is 2. The van der Waals surface area contributed by atoms with Crippen LogP contribution in [0.25, 0.3) is 0 Å². The fourth-order valence-corrected chi connectivity index (χ4v) is 3.11. The molecular formula is C22H23ClN4O3. The molecule has 0 bridgehead atoms. The third-order valence-electron chi connectivity index (χ3n) is 4.59.